The molecule has 1 aliphatic heterocycles. The van der Waals surface area contributed by atoms with Gasteiger partial charge in [-0.25, -0.2) is 4.99 Å². The zero-order valence-electron chi connectivity index (χ0n) is 17.7. The van der Waals surface area contributed by atoms with Crippen LogP contribution in [-0.4, -0.2) is 13.0 Å². The Morgan fingerprint density at radius 3 is 2.59 bits per heavy atom. The SMILES string of the molecule is COc1ccc2ccc3oc(-c4cccc(C)c4)c(C4=c5ccccc5=NC4=O)c3c2c1. The third-order valence-electron chi connectivity index (χ3n) is 6.02. The minimum atomic E-state index is -0.247. The first-order valence-corrected chi connectivity index (χ1v) is 10.5. The van der Waals surface area contributed by atoms with Crippen LogP contribution in [0.3, 0.4) is 0 Å². The second kappa shape index (κ2) is 6.92. The van der Waals surface area contributed by atoms with Crippen molar-refractivity contribution in [2.24, 2.45) is 4.99 Å². The number of aryl methyl sites for hydroxylation is 1. The second-order valence-electron chi connectivity index (χ2n) is 8.01. The van der Waals surface area contributed by atoms with Crippen LogP contribution in [0.15, 0.2) is 88.3 Å². The van der Waals surface area contributed by atoms with Crippen LogP contribution in [0, 0.1) is 6.92 Å². The molecule has 0 spiro atoms. The summed E-state index contributed by atoms with van der Waals surface area (Å²) >= 11 is 0. The van der Waals surface area contributed by atoms with Crippen LogP contribution in [0.1, 0.15) is 11.1 Å². The van der Waals surface area contributed by atoms with Crippen LogP contribution in [-0.2, 0) is 4.79 Å². The van der Waals surface area contributed by atoms with Gasteiger partial charge in [-0.3, -0.25) is 4.79 Å². The zero-order chi connectivity index (χ0) is 21.8. The molecule has 1 aliphatic rings. The Kier molecular flexibility index (Phi) is 4.02. The number of rotatable bonds is 3. The van der Waals surface area contributed by atoms with E-state index in [0.717, 1.165) is 49.4 Å². The van der Waals surface area contributed by atoms with Gasteiger partial charge < -0.3 is 9.15 Å². The summed E-state index contributed by atoms with van der Waals surface area (Å²) in [6.07, 6.45) is 0. The monoisotopic (exact) mass is 417 g/mol. The number of para-hydroxylation sites is 1. The Labute approximate surface area is 184 Å². The lowest BCUT2D eigenvalue weighted by molar-refractivity contribution is -0.112. The van der Waals surface area contributed by atoms with Crippen molar-refractivity contribution in [1.82, 2.24) is 0 Å². The van der Waals surface area contributed by atoms with E-state index < -0.39 is 0 Å². The fourth-order valence-corrected chi connectivity index (χ4v) is 4.56. The number of furan rings is 1. The zero-order valence-corrected chi connectivity index (χ0v) is 17.7. The van der Waals surface area contributed by atoms with E-state index in [1.807, 2.05) is 79.7 Å². The standard InChI is InChI=1S/C28H19NO3/c1-16-6-5-7-18(14-16)27-26(25-20-8-3-4-9-22(20)29-28(25)30)24-21-15-19(31-2)12-10-17(21)11-13-23(24)32-27/h3-15H,1-2H3. The van der Waals surface area contributed by atoms with Crippen molar-refractivity contribution in [3.05, 3.63) is 101 Å². The first-order chi connectivity index (χ1) is 15.6. The molecule has 4 aromatic carbocycles. The molecular weight excluding hydrogens is 398 g/mol. The molecule has 0 saturated carbocycles. The maximum Gasteiger partial charge on any atom is 0.279 e. The largest absolute Gasteiger partial charge is 0.497 e. The average molecular weight is 417 g/mol. The smallest absolute Gasteiger partial charge is 0.279 e. The maximum atomic E-state index is 13.2. The average Bonchev–Trinajstić information content (AvgIpc) is 3.35. The molecule has 1 amide bonds. The number of carbonyl (C=O) groups excluding carboxylic acids is 1. The summed E-state index contributed by atoms with van der Waals surface area (Å²) in [4.78, 5) is 17.5. The van der Waals surface area contributed by atoms with Gasteiger partial charge in [0.25, 0.3) is 5.91 Å². The summed E-state index contributed by atoms with van der Waals surface area (Å²) in [7, 11) is 1.65. The van der Waals surface area contributed by atoms with Crippen molar-refractivity contribution >= 4 is 33.2 Å². The molecule has 0 N–H and O–H groups in total. The number of nitrogens with zero attached hydrogens (tertiary/aromatic N) is 1. The lowest BCUT2D eigenvalue weighted by Crippen LogP contribution is -2.22. The fourth-order valence-electron chi connectivity index (χ4n) is 4.56. The van der Waals surface area contributed by atoms with Crippen LogP contribution < -0.4 is 15.3 Å². The second-order valence-corrected chi connectivity index (χ2v) is 8.01. The number of fused-ring (bicyclic) bond motifs is 4. The third-order valence-corrected chi connectivity index (χ3v) is 6.02. The number of benzene rings is 4. The van der Waals surface area contributed by atoms with Gasteiger partial charge in [-0.2, -0.15) is 0 Å². The maximum absolute atomic E-state index is 13.2. The van der Waals surface area contributed by atoms with Crippen molar-refractivity contribution in [2.75, 3.05) is 7.11 Å². The minimum Gasteiger partial charge on any atom is -0.497 e. The van der Waals surface area contributed by atoms with Gasteiger partial charge in [0.15, 0.2) is 0 Å². The van der Waals surface area contributed by atoms with E-state index in [9.17, 15) is 4.79 Å². The summed E-state index contributed by atoms with van der Waals surface area (Å²) in [5, 5.41) is 4.44. The van der Waals surface area contributed by atoms with Crippen LogP contribution >= 0.6 is 0 Å². The molecule has 0 aliphatic carbocycles. The fraction of sp³-hybridized carbons (Fsp3) is 0.0714. The molecule has 32 heavy (non-hydrogen) atoms. The van der Waals surface area contributed by atoms with Crippen LogP contribution in [0.2, 0.25) is 0 Å². The van der Waals surface area contributed by atoms with Crippen molar-refractivity contribution in [3.63, 3.8) is 0 Å². The summed E-state index contributed by atoms with van der Waals surface area (Å²) in [6, 6.07) is 25.7. The van der Waals surface area contributed by atoms with E-state index in [4.69, 9.17) is 9.15 Å². The normalized spacial score (nSPS) is 12.9. The minimum absolute atomic E-state index is 0.247. The summed E-state index contributed by atoms with van der Waals surface area (Å²) < 4.78 is 11.9. The predicted octanol–water partition coefficient (Wildman–Crippen LogP) is 4.93. The summed E-state index contributed by atoms with van der Waals surface area (Å²) in [6.45, 7) is 2.05. The molecule has 1 aromatic heterocycles. The molecule has 0 atom stereocenters. The molecule has 0 unspecified atom stereocenters. The molecule has 0 fully saturated rings. The van der Waals surface area contributed by atoms with Gasteiger partial charge in [0.05, 0.1) is 18.0 Å². The summed E-state index contributed by atoms with van der Waals surface area (Å²) in [5.74, 6) is 1.18. The molecule has 0 bridgehead atoms. The Balaban J connectivity index is 1.84. The Bertz CT molecular complexity index is 1690. The Morgan fingerprint density at radius 2 is 1.75 bits per heavy atom. The van der Waals surface area contributed by atoms with E-state index in [-0.39, 0.29) is 5.91 Å². The van der Waals surface area contributed by atoms with Crippen LogP contribution in [0.4, 0.5) is 0 Å². The van der Waals surface area contributed by atoms with Gasteiger partial charge in [0.1, 0.15) is 17.1 Å². The first-order valence-electron chi connectivity index (χ1n) is 10.5. The number of amides is 1. The van der Waals surface area contributed by atoms with Crippen LogP contribution in [0.25, 0.3) is 38.6 Å². The number of hydrogen-bond donors (Lipinski definition) is 0. The quantitative estimate of drug-likeness (QED) is 0.418. The van der Waals surface area contributed by atoms with E-state index in [1.54, 1.807) is 7.11 Å². The van der Waals surface area contributed by atoms with E-state index >= 15 is 0 Å². The molecule has 4 heteroatoms. The Morgan fingerprint density at radius 1 is 0.906 bits per heavy atom. The molecule has 154 valence electrons. The lowest BCUT2D eigenvalue weighted by atomic mass is 9.93. The van der Waals surface area contributed by atoms with Gasteiger partial charge >= 0.3 is 0 Å². The van der Waals surface area contributed by atoms with Gasteiger partial charge in [0, 0.05) is 21.7 Å². The van der Waals surface area contributed by atoms with Crippen molar-refractivity contribution in [2.45, 2.75) is 6.92 Å². The van der Waals surface area contributed by atoms with Gasteiger partial charge in [-0.05, 0) is 48.0 Å². The molecule has 5 aromatic rings. The number of carbonyl (C=O) groups is 1. The predicted molar refractivity (Wildman–Crippen MR) is 125 cm³/mol. The van der Waals surface area contributed by atoms with Crippen molar-refractivity contribution in [1.29, 1.82) is 0 Å². The highest BCUT2D eigenvalue weighted by Crippen LogP contribution is 2.42. The molecule has 2 heterocycles. The molecular formula is C28H19NO3. The highest BCUT2D eigenvalue weighted by molar-refractivity contribution is 6.28. The van der Waals surface area contributed by atoms with Gasteiger partial charge in [-0.1, -0.05) is 54.1 Å². The van der Waals surface area contributed by atoms with E-state index in [2.05, 4.69) is 11.1 Å². The first kappa shape index (κ1) is 18.6. The highest BCUT2D eigenvalue weighted by atomic mass is 16.5. The van der Waals surface area contributed by atoms with E-state index in [0.29, 0.717) is 16.7 Å². The number of hydrogen-bond acceptors (Lipinski definition) is 3. The number of methoxy groups -OCH3 is 1. The van der Waals surface area contributed by atoms with Crippen molar-refractivity contribution < 1.29 is 13.9 Å². The van der Waals surface area contributed by atoms with Gasteiger partial charge in [0.2, 0.25) is 0 Å². The van der Waals surface area contributed by atoms with Crippen molar-refractivity contribution in [3.8, 4) is 17.1 Å². The number of ether oxygens (including phenoxy) is 1. The summed E-state index contributed by atoms with van der Waals surface area (Å²) in [5.41, 5.74) is 4.13. The molecule has 4 nitrogen and oxygen atoms in total. The van der Waals surface area contributed by atoms with Gasteiger partial charge in [-0.15, -0.1) is 0 Å². The lowest BCUT2D eigenvalue weighted by Gasteiger charge is -2.07. The third kappa shape index (κ3) is 2.70. The molecule has 0 saturated heterocycles. The Hall–Kier alpha value is -4.18. The highest BCUT2D eigenvalue weighted by Gasteiger charge is 2.28. The topological polar surface area (TPSA) is 51.8 Å². The molecule has 0 radical (unpaired) electrons. The van der Waals surface area contributed by atoms with E-state index in [1.165, 1.54) is 0 Å². The molecule has 6 rings (SSSR count). The van der Waals surface area contributed by atoms with Crippen LogP contribution in [0.5, 0.6) is 5.75 Å².